The summed E-state index contributed by atoms with van der Waals surface area (Å²) >= 11 is 0. The van der Waals surface area contributed by atoms with Crippen LogP contribution in [-0.4, -0.2) is 32.4 Å². The van der Waals surface area contributed by atoms with Crippen molar-refractivity contribution in [2.45, 2.75) is 13.3 Å². The molecule has 0 saturated heterocycles. The van der Waals surface area contributed by atoms with Crippen molar-refractivity contribution in [2.24, 2.45) is 17.9 Å². The first-order chi connectivity index (χ1) is 9.63. The fraction of sp³-hybridized carbons (Fsp3) is 0.308. The van der Waals surface area contributed by atoms with Gasteiger partial charge in [-0.3, -0.25) is 4.98 Å². The van der Waals surface area contributed by atoms with E-state index in [-0.39, 0.29) is 5.84 Å². The minimum atomic E-state index is -0.0107. The highest BCUT2D eigenvalue weighted by atomic mass is 16.5. The van der Waals surface area contributed by atoms with Gasteiger partial charge in [-0.2, -0.15) is 5.10 Å². The zero-order valence-corrected chi connectivity index (χ0v) is 11.4. The normalized spacial score (nSPS) is 11.6. The van der Waals surface area contributed by atoms with Crippen molar-refractivity contribution in [1.82, 2.24) is 14.8 Å². The monoisotopic (exact) mass is 275 g/mol. The third-order valence-electron chi connectivity index (χ3n) is 2.86. The second-order valence-corrected chi connectivity index (χ2v) is 4.29. The van der Waals surface area contributed by atoms with Crippen LogP contribution in [0, 0.1) is 6.92 Å². The van der Waals surface area contributed by atoms with Gasteiger partial charge < -0.3 is 15.7 Å². The fourth-order valence-corrected chi connectivity index (χ4v) is 1.95. The minimum absolute atomic E-state index is 0.0107. The van der Waals surface area contributed by atoms with Crippen LogP contribution < -0.4 is 10.5 Å². The standard InChI is InChI=1S/C13H17N5O2/c1-9-11(12(14)17-19)13(18(2)16-9)20-8-6-10-5-3-4-7-15-10/h3-5,7,19H,6,8H2,1-2H3,(H2,14,17). The Morgan fingerprint density at radius 2 is 2.30 bits per heavy atom. The predicted octanol–water partition coefficient (Wildman–Crippen LogP) is 0.840. The summed E-state index contributed by atoms with van der Waals surface area (Å²) in [4.78, 5) is 4.22. The Morgan fingerprint density at radius 1 is 1.50 bits per heavy atom. The molecule has 0 saturated carbocycles. The molecule has 106 valence electrons. The molecule has 3 N–H and O–H groups in total. The third kappa shape index (κ3) is 2.87. The van der Waals surface area contributed by atoms with Crippen molar-refractivity contribution in [3.8, 4) is 5.88 Å². The topological polar surface area (TPSA) is 98.5 Å². The van der Waals surface area contributed by atoms with Crippen LogP contribution in [0.5, 0.6) is 5.88 Å². The number of ether oxygens (including phenoxy) is 1. The van der Waals surface area contributed by atoms with Gasteiger partial charge in [-0.05, 0) is 19.1 Å². The van der Waals surface area contributed by atoms with Gasteiger partial charge in [0.15, 0.2) is 5.84 Å². The molecule has 0 spiro atoms. The highest BCUT2D eigenvalue weighted by Crippen LogP contribution is 2.21. The maximum absolute atomic E-state index is 8.81. The molecule has 2 rings (SSSR count). The van der Waals surface area contributed by atoms with E-state index in [2.05, 4.69) is 15.2 Å². The van der Waals surface area contributed by atoms with Crippen LogP contribution in [0.25, 0.3) is 0 Å². The van der Waals surface area contributed by atoms with Gasteiger partial charge in [-0.25, -0.2) is 4.68 Å². The Labute approximate surface area is 116 Å². The van der Waals surface area contributed by atoms with Crippen molar-refractivity contribution in [3.63, 3.8) is 0 Å². The number of aromatic nitrogens is 3. The number of aryl methyl sites for hydroxylation is 2. The molecule has 2 aromatic heterocycles. The van der Waals surface area contributed by atoms with Gasteiger partial charge >= 0.3 is 0 Å². The zero-order chi connectivity index (χ0) is 14.5. The Balaban J connectivity index is 2.10. The number of nitrogens with two attached hydrogens (primary N) is 1. The molecule has 7 heteroatoms. The molecular formula is C13H17N5O2. The van der Waals surface area contributed by atoms with E-state index in [9.17, 15) is 0 Å². The molecule has 20 heavy (non-hydrogen) atoms. The van der Waals surface area contributed by atoms with Crippen LogP contribution in [0.2, 0.25) is 0 Å². The molecule has 0 fully saturated rings. The van der Waals surface area contributed by atoms with E-state index >= 15 is 0 Å². The Morgan fingerprint density at radius 3 is 2.95 bits per heavy atom. The van der Waals surface area contributed by atoms with Crippen LogP contribution in [-0.2, 0) is 13.5 Å². The van der Waals surface area contributed by atoms with Crippen molar-refractivity contribution in [2.75, 3.05) is 6.61 Å². The van der Waals surface area contributed by atoms with Crippen LogP contribution >= 0.6 is 0 Å². The molecule has 2 heterocycles. The lowest BCUT2D eigenvalue weighted by Crippen LogP contribution is -2.16. The lowest BCUT2D eigenvalue weighted by Gasteiger charge is -2.08. The number of oxime groups is 1. The van der Waals surface area contributed by atoms with Gasteiger partial charge in [0.25, 0.3) is 0 Å². The van der Waals surface area contributed by atoms with Gasteiger partial charge in [0, 0.05) is 25.4 Å². The number of nitrogens with zero attached hydrogens (tertiary/aromatic N) is 4. The van der Waals surface area contributed by atoms with E-state index in [0.717, 1.165) is 5.69 Å². The molecule has 0 atom stereocenters. The van der Waals surface area contributed by atoms with Gasteiger partial charge in [-0.1, -0.05) is 11.2 Å². The Bertz CT molecular complexity index is 607. The lowest BCUT2D eigenvalue weighted by molar-refractivity contribution is 0.291. The van der Waals surface area contributed by atoms with E-state index in [1.165, 1.54) is 0 Å². The van der Waals surface area contributed by atoms with E-state index in [0.29, 0.717) is 30.2 Å². The molecule has 0 aromatic carbocycles. The van der Waals surface area contributed by atoms with E-state index in [1.807, 2.05) is 18.2 Å². The number of rotatable bonds is 5. The predicted molar refractivity (Wildman–Crippen MR) is 73.9 cm³/mol. The molecular weight excluding hydrogens is 258 g/mol. The maximum Gasteiger partial charge on any atom is 0.223 e. The molecule has 0 aliphatic rings. The van der Waals surface area contributed by atoms with Crippen LogP contribution in [0.4, 0.5) is 0 Å². The first-order valence-corrected chi connectivity index (χ1v) is 6.17. The molecule has 0 unspecified atom stereocenters. The van der Waals surface area contributed by atoms with Gasteiger partial charge in [0.1, 0.15) is 5.56 Å². The highest BCUT2D eigenvalue weighted by Gasteiger charge is 2.18. The van der Waals surface area contributed by atoms with Gasteiger partial charge in [0.05, 0.1) is 12.3 Å². The number of pyridine rings is 1. The van der Waals surface area contributed by atoms with Crippen LogP contribution in [0.15, 0.2) is 29.6 Å². The first kappa shape index (κ1) is 13.9. The second-order valence-electron chi connectivity index (χ2n) is 4.29. The van der Waals surface area contributed by atoms with Crippen molar-refractivity contribution in [1.29, 1.82) is 0 Å². The number of amidine groups is 1. The third-order valence-corrected chi connectivity index (χ3v) is 2.86. The largest absolute Gasteiger partial charge is 0.477 e. The van der Waals surface area contributed by atoms with Crippen LogP contribution in [0.1, 0.15) is 17.0 Å². The van der Waals surface area contributed by atoms with Crippen molar-refractivity contribution < 1.29 is 9.94 Å². The maximum atomic E-state index is 8.81. The molecule has 7 nitrogen and oxygen atoms in total. The summed E-state index contributed by atoms with van der Waals surface area (Å²) in [7, 11) is 1.75. The summed E-state index contributed by atoms with van der Waals surface area (Å²) < 4.78 is 7.27. The smallest absolute Gasteiger partial charge is 0.223 e. The molecule has 0 aliphatic carbocycles. The molecule has 0 amide bonds. The Hall–Kier alpha value is -2.57. The summed E-state index contributed by atoms with van der Waals surface area (Å²) in [5.41, 5.74) is 7.75. The van der Waals surface area contributed by atoms with E-state index in [1.54, 1.807) is 24.9 Å². The van der Waals surface area contributed by atoms with Crippen molar-refractivity contribution in [3.05, 3.63) is 41.3 Å². The van der Waals surface area contributed by atoms with Gasteiger partial charge in [-0.15, -0.1) is 0 Å². The van der Waals surface area contributed by atoms with Crippen molar-refractivity contribution >= 4 is 5.84 Å². The lowest BCUT2D eigenvalue weighted by atomic mass is 10.2. The first-order valence-electron chi connectivity index (χ1n) is 6.17. The van der Waals surface area contributed by atoms with Gasteiger partial charge in [0.2, 0.25) is 5.88 Å². The molecule has 0 aliphatic heterocycles. The summed E-state index contributed by atoms with van der Waals surface area (Å²) in [5.74, 6) is 0.470. The number of hydrogen-bond donors (Lipinski definition) is 2. The number of hydrogen-bond acceptors (Lipinski definition) is 5. The minimum Gasteiger partial charge on any atom is -0.477 e. The molecule has 0 bridgehead atoms. The zero-order valence-electron chi connectivity index (χ0n) is 11.4. The second kappa shape index (κ2) is 6.05. The van der Waals surface area contributed by atoms with E-state index < -0.39 is 0 Å². The molecule has 0 radical (unpaired) electrons. The van der Waals surface area contributed by atoms with Crippen LogP contribution in [0.3, 0.4) is 0 Å². The quantitative estimate of drug-likeness (QED) is 0.364. The molecule has 2 aromatic rings. The summed E-state index contributed by atoms with van der Waals surface area (Å²) in [6, 6.07) is 5.73. The van der Waals surface area contributed by atoms with E-state index in [4.69, 9.17) is 15.7 Å². The summed E-state index contributed by atoms with van der Waals surface area (Å²) in [6.07, 6.45) is 2.41. The SMILES string of the molecule is Cc1nn(C)c(OCCc2ccccn2)c1C(N)=NO. The summed E-state index contributed by atoms with van der Waals surface area (Å²) in [5, 5.41) is 16.0. The highest BCUT2D eigenvalue weighted by molar-refractivity contribution is 6.00. The summed E-state index contributed by atoms with van der Waals surface area (Å²) in [6.45, 7) is 2.21. The average molecular weight is 275 g/mol. The fourth-order valence-electron chi connectivity index (χ4n) is 1.95. The average Bonchev–Trinajstić information content (AvgIpc) is 2.74. The Kier molecular flexibility index (Phi) is 4.19.